The van der Waals surface area contributed by atoms with Crippen molar-refractivity contribution in [3.05, 3.63) is 12.7 Å². The van der Waals surface area contributed by atoms with Crippen LogP contribution in [0.5, 0.6) is 0 Å². The van der Waals surface area contributed by atoms with E-state index < -0.39 is 5.41 Å². The predicted octanol–water partition coefficient (Wildman–Crippen LogP) is 1.85. The predicted molar refractivity (Wildman–Crippen MR) is 51.2 cm³/mol. The van der Waals surface area contributed by atoms with E-state index in [9.17, 15) is 0 Å². The summed E-state index contributed by atoms with van der Waals surface area (Å²) in [7, 11) is 3.47. The zero-order chi connectivity index (χ0) is 9.45. The summed E-state index contributed by atoms with van der Waals surface area (Å²) in [4.78, 5) is 0. The van der Waals surface area contributed by atoms with Gasteiger partial charge in [0.05, 0.1) is 0 Å². The molecule has 0 amide bonds. The van der Waals surface area contributed by atoms with Crippen molar-refractivity contribution in [1.29, 1.82) is 0 Å². The van der Waals surface area contributed by atoms with Crippen molar-refractivity contribution >= 4 is 10.2 Å². The lowest BCUT2D eigenvalue weighted by Gasteiger charge is -2.28. The van der Waals surface area contributed by atoms with Crippen LogP contribution >= 0.6 is 0 Å². The van der Waals surface area contributed by atoms with E-state index in [0.29, 0.717) is 13.2 Å². The minimum Gasteiger partial charge on any atom is -0.355 e. The van der Waals surface area contributed by atoms with E-state index in [-0.39, 0.29) is 0 Å². The summed E-state index contributed by atoms with van der Waals surface area (Å²) in [6.45, 7) is 8.82. The molecule has 0 atom stereocenters. The molecule has 0 aromatic heterocycles. The number of hydrogen-bond donors (Lipinski definition) is 0. The fourth-order valence-corrected chi connectivity index (χ4v) is 1.38. The zero-order valence-electron chi connectivity index (χ0n) is 7.93. The minimum atomic E-state index is -0.613. The third-order valence-corrected chi connectivity index (χ3v) is 1.97. The molecule has 0 aliphatic carbocycles. The maximum Gasteiger partial charge on any atom is 0.144 e. The van der Waals surface area contributed by atoms with Gasteiger partial charge < -0.3 is 9.47 Å². The third-order valence-electron chi connectivity index (χ3n) is 1.43. The maximum atomic E-state index is 5.42. The van der Waals surface area contributed by atoms with Crippen molar-refractivity contribution < 1.29 is 9.47 Å². The normalized spacial score (nSPS) is 11.6. The highest BCUT2D eigenvalue weighted by atomic mass is 28.1. The van der Waals surface area contributed by atoms with Crippen LogP contribution in [0.1, 0.15) is 26.7 Å². The van der Waals surface area contributed by atoms with E-state index >= 15 is 0 Å². The van der Waals surface area contributed by atoms with Gasteiger partial charge >= 0.3 is 0 Å². The summed E-state index contributed by atoms with van der Waals surface area (Å²) in [6, 6.07) is 0. The van der Waals surface area contributed by atoms with Crippen LogP contribution in [-0.2, 0) is 9.47 Å². The Morgan fingerprint density at radius 1 is 1.33 bits per heavy atom. The Balaban J connectivity index is 3.88. The highest BCUT2D eigenvalue weighted by molar-refractivity contribution is 6.13. The van der Waals surface area contributed by atoms with Gasteiger partial charge in [-0.25, -0.2) is 0 Å². The maximum absolute atomic E-state index is 5.42. The molecule has 0 aliphatic rings. The molecule has 0 heterocycles. The molecule has 0 saturated heterocycles. The largest absolute Gasteiger partial charge is 0.355 e. The van der Waals surface area contributed by atoms with Crippen molar-refractivity contribution in [2.45, 2.75) is 32.1 Å². The molecular weight excluding hydrogens is 168 g/mol. The monoisotopic (exact) mass is 185 g/mol. The number of ether oxygens (including phenoxy) is 2. The second kappa shape index (κ2) is 6.40. The first-order valence-electron chi connectivity index (χ1n) is 4.32. The highest BCUT2D eigenvalue weighted by Crippen LogP contribution is 2.15. The summed E-state index contributed by atoms with van der Waals surface area (Å²) in [5.74, 6) is 0. The van der Waals surface area contributed by atoms with Gasteiger partial charge in [0.15, 0.2) is 0 Å². The van der Waals surface area contributed by atoms with Crippen LogP contribution in [0, 0.1) is 0 Å². The van der Waals surface area contributed by atoms with Crippen LogP contribution in [0.2, 0.25) is 0 Å². The topological polar surface area (TPSA) is 18.5 Å². The van der Waals surface area contributed by atoms with Crippen molar-refractivity contribution in [3.63, 3.8) is 0 Å². The molecule has 0 unspecified atom stereocenters. The average molecular weight is 185 g/mol. The van der Waals surface area contributed by atoms with Gasteiger partial charge in [-0.05, 0) is 26.7 Å². The summed E-state index contributed by atoms with van der Waals surface area (Å²) < 4.78 is 10.8. The van der Waals surface area contributed by atoms with E-state index in [1.807, 2.05) is 19.9 Å². The molecule has 3 heteroatoms. The molecule has 0 aliphatic heterocycles. The molecule has 0 spiro atoms. The van der Waals surface area contributed by atoms with Crippen molar-refractivity contribution in [2.75, 3.05) is 13.2 Å². The van der Waals surface area contributed by atoms with Gasteiger partial charge in [0.2, 0.25) is 0 Å². The fourth-order valence-electron chi connectivity index (χ4n) is 0.944. The first-order chi connectivity index (χ1) is 5.68. The lowest BCUT2D eigenvalue weighted by molar-refractivity contribution is -0.176. The summed E-state index contributed by atoms with van der Waals surface area (Å²) in [5.41, 5.74) is -0.613. The molecular formula is C9H17O2Si. The lowest BCUT2D eigenvalue weighted by atomic mass is 10.3. The van der Waals surface area contributed by atoms with Crippen molar-refractivity contribution in [1.82, 2.24) is 0 Å². The Kier molecular flexibility index (Phi) is 6.33. The van der Waals surface area contributed by atoms with Gasteiger partial charge in [-0.2, -0.15) is 0 Å². The van der Waals surface area contributed by atoms with E-state index in [1.54, 1.807) is 0 Å². The van der Waals surface area contributed by atoms with Crippen LogP contribution < -0.4 is 0 Å². The number of hydrogen-bond acceptors (Lipinski definition) is 2. The van der Waals surface area contributed by atoms with Crippen LogP contribution in [0.3, 0.4) is 0 Å². The molecule has 0 saturated carbocycles. The molecule has 0 fully saturated rings. The van der Waals surface area contributed by atoms with E-state index in [2.05, 4.69) is 16.8 Å². The smallest absolute Gasteiger partial charge is 0.144 e. The van der Waals surface area contributed by atoms with E-state index in [1.165, 1.54) is 0 Å². The molecule has 0 N–H and O–H groups in total. The standard InChI is InChI=1S/C9H17O2Si/c1-4-7-8-9(12,10-5-2)11-6-3/h4H,1,5-8H2,2-3H3. The summed E-state index contributed by atoms with van der Waals surface area (Å²) in [6.07, 6.45) is 3.52. The first-order valence-corrected chi connectivity index (χ1v) is 4.82. The quantitative estimate of drug-likeness (QED) is 0.342. The van der Waals surface area contributed by atoms with Crippen LogP contribution in [0.15, 0.2) is 12.7 Å². The summed E-state index contributed by atoms with van der Waals surface area (Å²) in [5, 5.41) is 0. The van der Waals surface area contributed by atoms with Gasteiger partial charge in [-0.15, -0.1) is 6.58 Å². The Morgan fingerprint density at radius 2 is 1.83 bits per heavy atom. The molecule has 0 rings (SSSR count). The lowest BCUT2D eigenvalue weighted by Crippen LogP contribution is -2.36. The SMILES string of the molecule is C=CCCC([Si])(OCC)OCC. The van der Waals surface area contributed by atoms with Gasteiger partial charge in [0, 0.05) is 13.2 Å². The van der Waals surface area contributed by atoms with Gasteiger partial charge in [-0.3, -0.25) is 0 Å². The second-order valence-electron chi connectivity index (χ2n) is 2.45. The highest BCUT2D eigenvalue weighted by Gasteiger charge is 2.23. The fraction of sp³-hybridized carbons (Fsp3) is 0.778. The Labute approximate surface area is 78.4 Å². The van der Waals surface area contributed by atoms with Crippen LogP contribution in [0.4, 0.5) is 0 Å². The molecule has 12 heavy (non-hydrogen) atoms. The van der Waals surface area contributed by atoms with Crippen LogP contribution in [-0.4, -0.2) is 28.9 Å². The van der Waals surface area contributed by atoms with Gasteiger partial charge in [-0.1, -0.05) is 6.08 Å². The molecule has 2 nitrogen and oxygen atoms in total. The minimum absolute atomic E-state index is 0.613. The summed E-state index contributed by atoms with van der Waals surface area (Å²) >= 11 is 0. The molecule has 0 aromatic carbocycles. The van der Waals surface area contributed by atoms with E-state index in [4.69, 9.17) is 9.47 Å². The molecule has 0 bridgehead atoms. The Hall–Kier alpha value is -0.123. The van der Waals surface area contributed by atoms with Gasteiger partial charge in [0.1, 0.15) is 15.7 Å². The van der Waals surface area contributed by atoms with E-state index in [0.717, 1.165) is 12.8 Å². The average Bonchev–Trinajstić information content (AvgIpc) is 2.02. The molecule has 0 aromatic rings. The van der Waals surface area contributed by atoms with Gasteiger partial charge in [0.25, 0.3) is 0 Å². The molecule has 3 radical (unpaired) electrons. The first kappa shape index (κ1) is 11.9. The number of allylic oxidation sites excluding steroid dienone is 1. The Morgan fingerprint density at radius 3 is 2.17 bits per heavy atom. The third kappa shape index (κ3) is 4.69. The Bertz CT molecular complexity index is 120. The molecule has 69 valence electrons. The van der Waals surface area contributed by atoms with Crippen molar-refractivity contribution in [2.24, 2.45) is 0 Å². The number of rotatable bonds is 7. The zero-order valence-corrected chi connectivity index (χ0v) is 8.93. The second-order valence-corrected chi connectivity index (χ2v) is 3.21. The van der Waals surface area contributed by atoms with Crippen LogP contribution in [0.25, 0.3) is 0 Å². The van der Waals surface area contributed by atoms with Crippen molar-refractivity contribution in [3.8, 4) is 0 Å².